The summed E-state index contributed by atoms with van der Waals surface area (Å²) in [4.78, 5) is 27.2. The normalized spacial score (nSPS) is 10.9. The number of primary amides is 1. The lowest BCUT2D eigenvalue weighted by atomic mass is 10.2. The molecule has 0 saturated carbocycles. The zero-order chi connectivity index (χ0) is 14.4. The van der Waals surface area contributed by atoms with Gasteiger partial charge in [-0.15, -0.1) is 0 Å². The Hall–Kier alpha value is -2.95. The molecule has 2 rings (SSSR count). The second-order valence-electron chi connectivity index (χ2n) is 4.02. The molecule has 100 valence electrons. The van der Waals surface area contributed by atoms with Crippen molar-refractivity contribution in [2.75, 3.05) is 0 Å². The summed E-state index contributed by atoms with van der Waals surface area (Å²) in [5.41, 5.74) is 6.48. The molecule has 1 heterocycles. The second-order valence-corrected chi connectivity index (χ2v) is 4.02. The van der Waals surface area contributed by atoms with Crippen LogP contribution in [0, 0.1) is 0 Å². The number of nitrogens with two attached hydrogens (primary N) is 1. The molecule has 2 aromatic rings. The number of nitrogens with zero attached hydrogens (tertiary/aromatic N) is 1. The summed E-state index contributed by atoms with van der Waals surface area (Å²) in [6.07, 6.45) is 4.68. The number of rotatable bonds is 4. The number of aromatic nitrogens is 1. The van der Waals surface area contributed by atoms with E-state index in [0.717, 1.165) is 5.56 Å². The highest BCUT2D eigenvalue weighted by Gasteiger charge is 2.11. The highest BCUT2D eigenvalue weighted by molar-refractivity contribution is 6.04. The first kappa shape index (κ1) is 13.5. The molecule has 0 atom stereocenters. The molecule has 1 aromatic carbocycles. The van der Waals surface area contributed by atoms with Gasteiger partial charge in [-0.2, -0.15) is 0 Å². The van der Waals surface area contributed by atoms with Gasteiger partial charge >= 0.3 is 0 Å². The summed E-state index contributed by atoms with van der Waals surface area (Å²) >= 11 is 0. The first-order valence-corrected chi connectivity index (χ1v) is 5.95. The maximum atomic E-state index is 12.0. The quantitative estimate of drug-likeness (QED) is 0.820. The Bertz CT molecular complexity index is 637. The maximum Gasteiger partial charge on any atom is 0.265 e. The molecule has 20 heavy (non-hydrogen) atoms. The lowest BCUT2D eigenvalue weighted by Gasteiger charge is -2.06. The number of carbonyl (C=O) groups is 2. The number of nitrogens with one attached hydrogen (secondary N) is 1. The van der Waals surface area contributed by atoms with Crippen LogP contribution < -0.4 is 11.1 Å². The molecule has 0 aliphatic carbocycles. The van der Waals surface area contributed by atoms with Gasteiger partial charge in [0.15, 0.2) is 0 Å². The third kappa shape index (κ3) is 3.52. The fraction of sp³-hybridized carbons (Fsp3) is 0. The minimum Gasteiger partial charge on any atom is -0.364 e. The van der Waals surface area contributed by atoms with Crippen LogP contribution in [-0.2, 0) is 4.79 Å². The number of amides is 2. The van der Waals surface area contributed by atoms with Gasteiger partial charge in [-0.1, -0.05) is 18.2 Å². The van der Waals surface area contributed by atoms with Crippen LogP contribution >= 0.6 is 0 Å². The summed E-state index contributed by atoms with van der Waals surface area (Å²) in [6, 6.07) is 12.0. The van der Waals surface area contributed by atoms with Crippen LogP contribution in [0.3, 0.4) is 0 Å². The van der Waals surface area contributed by atoms with E-state index < -0.39 is 5.91 Å². The van der Waals surface area contributed by atoms with Crippen molar-refractivity contribution < 1.29 is 9.59 Å². The monoisotopic (exact) mass is 267 g/mol. The van der Waals surface area contributed by atoms with Gasteiger partial charge in [0.05, 0.1) is 0 Å². The van der Waals surface area contributed by atoms with E-state index in [1.54, 1.807) is 54.9 Å². The van der Waals surface area contributed by atoms with Gasteiger partial charge in [0.1, 0.15) is 5.70 Å². The lowest BCUT2D eigenvalue weighted by Crippen LogP contribution is -2.31. The van der Waals surface area contributed by atoms with E-state index in [0.29, 0.717) is 5.56 Å². The van der Waals surface area contributed by atoms with Crippen molar-refractivity contribution >= 4 is 17.9 Å². The number of hydrogen-bond acceptors (Lipinski definition) is 3. The van der Waals surface area contributed by atoms with Gasteiger partial charge in [-0.25, -0.2) is 0 Å². The third-order valence-electron chi connectivity index (χ3n) is 2.57. The molecule has 0 saturated heterocycles. The second kappa shape index (κ2) is 6.29. The van der Waals surface area contributed by atoms with E-state index in [9.17, 15) is 9.59 Å². The van der Waals surface area contributed by atoms with Gasteiger partial charge in [0.2, 0.25) is 0 Å². The zero-order valence-corrected chi connectivity index (χ0v) is 10.6. The van der Waals surface area contributed by atoms with E-state index in [4.69, 9.17) is 5.73 Å². The molecule has 0 aliphatic heterocycles. The largest absolute Gasteiger partial charge is 0.364 e. The van der Waals surface area contributed by atoms with Crippen LogP contribution in [0.15, 0.2) is 60.6 Å². The third-order valence-corrected chi connectivity index (χ3v) is 2.57. The van der Waals surface area contributed by atoms with Crippen LogP contribution in [0.1, 0.15) is 15.9 Å². The van der Waals surface area contributed by atoms with Crippen molar-refractivity contribution in [3.8, 4) is 0 Å². The lowest BCUT2D eigenvalue weighted by molar-refractivity contribution is -0.114. The van der Waals surface area contributed by atoms with Gasteiger partial charge < -0.3 is 11.1 Å². The Kier molecular flexibility index (Phi) is 4.24. The van der Waals surface area contributed by atoms with Gasteiger partial charge in [-0.3, -0.25) is 14.6 Å². The number of hydrogen-bond donors (Lipinski definition) is 2. The Morgan fingerprint density at radius 2 is 1.70 bits per heavy atom. The smallest absolute Gasteiger partial charge is 0.265 e. The summed E-state index contributed by atoms with van der Waals surface area (Å²) in [5, 5.41) is 2.51. The van der Waals surface area contributed by atoms with Crippen LogP contribution in [0.4, 0.5) is 0 Å². The van der Waals surface area contributed by atoms with E-state index >= 15 is 0 Å². The molecule has 1 aromatic heterocycles. The maximum absolute atomic E-state index is 12.0. The van der Waals surface area contributed by atoms with Crippen molar-refractivity contribution in [2.45, 2.75) is 0 Å². The fourth-order valence-electron chi connectivity index (χ4n) is 1.58. The summed E-state index contributed by atoms with van der Waals surface area (Å²) in [7, 11) is 0. The average Bonchev–Trinajstić information content (AvgIpc) is 2.48. The van der Waals surface area contributed by atoms with E-state index in [1.165, 1.54) is 6.08 Å². The van der Waals surface area contributed by atoms with Crippen molar-refractivity contribution in [1.29, 1.82) is 0 Å². The zero-order valence-electron chi connectivity index (χ0n) is 10.6. The standard InChI is InChI=1S/C15H13N3O2/c16-14(19)13(10-11-6-8-17-9-7-11)18-15(20)12-4-2-1-3-5-12/h1-10H,(H2,16,19)(H,18,20)/b13-10-. The molecule has 2 amide bonds. The van der Waals surface area contributed by atoms with Crippen molar-refractivity contribution in [2.24, 2.45) is 5.73 Å². The predicted octanol–water partition coefficient (Wildman–Crippen LogP) is 1.34. The summed E-state index contributed by atoms with van der Waals surface area (Å²) < 4.78 is 0. The SMILES string of the molecule is NC(=O)/C(=C/c1ccncc1)NC(=O)c1ccccc1. The Morgan fingerprint density at radius 1 is 1.05 bits per heavy atom. The van der Waals surface area contributed by atoms with E-state index in [1.807, 2.05) is 0 Å². The first-order valence-electron chi connectivity index (χ1n) is 5.95. The van der Waals surface area contributed by atoms with Crippen LogP contribution in [-0.4, -0.2) is 16.8 Å². The van der Waals surface area contributed by atoms with Crippen molar-refractivity contribution in [1.82, 2.24) is 10.3 Å². The van der Waals surface area contributed by atoms with E-state index in [-0.39, 0.29) is 11.6 Å². The Morgan fingerprint density at radius 3 is 2.30 bits per heavy atom. The van der Waals surface area contributed by atoms with Crippen molar-refractivity contribution in [3.05, 3.63) is 71.7 Å². The molecule has 5 nitrogen and oxygen atoms in total. The van der Waals surface area contributed by atoms with Gasteiger partial charge in [0.25, 0.3) is 11.8 Å². The molecular formula is C15H13N3O2. The molecule has 0 unspecified atom stereocenters. The average molecular weight is 267 g/mol. The molecule has 0 radical (unpaired) electrons. The molecule has 0 spiro atoms. The van der Waals surface area contributed by atoms with Gasteiger partial charge in [0, 0.05) is 18.0 Å². The van der Waals surface area contributed by atoms with Crippen molar-refractivity contribution in [3.63, 3.8) is 0 Å². The van der Waals surface area contributed by atoms with Crippen LogP contribution in [0.25, 0.3) is 6.08 Å². The molecule has 5 heteroatoms. The highest BCUT2D eigenvalue weighted by Crippen LogP contribution is 2.05. The Balaban J connectivity index is 2.21. The molecule has 0 aliphatic rings. The van der Waals surface area contributed by atoms with Crippen LogP contribution in [0.2, 0.25) is 0 Å². The molecule has 0 bridgehead atoms. The number of benzene rings is 1. The highest BCUT2D eigenvalue weighted by atomic mass is 16.2. The number of carbonyl (C=O) groups excluding carboxylic acids is 2. The number of pyridine rings is 1. The summed E-state index contributed by atoms with van der Waals surface area (Å²) in [5.74, 6) is -1.09. The fourth-order valence-corrected chi connectivity index (χ4v) is 1.58. The van der Waals surface area contributed by atoms with Gasteiger partial charge in [-0.05, 0) is 35.9 Å². The molecule has 3 N–H and O–H groups in total. The topological polar surface area (TPSA) is 85.1 Å². The predicted molar refractivity (Wildman–Crippen MR) is 75.3 cm³/mol. The molecule has 0 fully saturated rings. The minimum atomic E-state index is -0.703. The van der Waals surface area contributed by atoms with E-state index in [2.05, 4.69) is 10.3 Å². The van der Waals surface area contributed by atoms with Crippen LogP contribution in [0.5, 0.6) is 0 Å². The first-order chi connectivity index (χ1) is 9.66. The molecular weight excluding hydrogens is 254 g/mol. The minimum absolute atomic E-state index is 0.0325. The summed E-state index contributed by atoms with van der Waals surface area (Å²) in [6.45, 7) is 0. The Labute approximate surface area is 116 Å².